The van der Waals surface area contributed by atoms with Gasteiger partial charge in [-0.1, -0.05) is 20.8 Å². The highest BCUT2D eigenvalue weighted by atomic mass is 32.1. The maximum Gasteiger partial charge on any atom is 0.0354 e. The van der Waals surface area contributed by atoms with Crippen molar-refractivity contribution in [2.24, 2.45) is 17.3 Å². The maximum atomic E-state index is 3.53. The van der Waals surface area contributed by atoms with E-state index in [1.807, 2.05) is 11.3 Å². The van der Waals surface area contributed by atoms with Gasteiger partial charge in [0.25, 0.3) is 0 Å². The van der Waals surface area contributed by atoms with Crippen LogP contribution in [0.5, 0.6) is 0 Å². The van der Waals surface area contributed by atoms with E-state index in [1.54, 1.807) is 0 Å². The van der Waals surface area contributed by atoms with Crippen LogP contribution in [0.15, 0.2) is 16.8 Å². The molecule has 0 spiro atoms. The molecular weight excluding hydrogens is 238 g/mol. The van der Waals surface area contributed by atoms with Gasteiger partial charge in [0.05, 0.1) is 0 Å². The van der Waals surface area contributed by atoms with E-state index in [9.17, 15) is 0 Å². The van der Waals surface area contributed by atoms with E-state index in [0.29, 0.717) is 11.5 Å². The van der Waals surface area contributed by atoms with Crippen LogP contribution in [0.3, 0.4) is 0 Å². The third-order valence-corrected chi connectivity index (χ3v) is 5.38. The fourth-order valence-electron chi connectivity index (χ4n) is 3.45. The Hall–Kier alpha value is -0.340. The Balaban J connectivity index is 1.96. The summed E-state index contributed by atoms with van der Waals surface area (Å²) < 4.78 is 0. The smallest absolute Gasteiger partial charge is 0.0354 e. The van der Waals surface area contributed by atoms with E-state index in [4.69, 9.17) is 0 Å². The molecule has 0 amide bonds. The Labute approximate surface area is 116 Å². The third kappa shape index (κ3) is 3.16. The molecule has 0 radical (unpaired) electrons. The van der Waals surface area contributed by atoms with Crippen LogP contribution in [0, 0.1) is 17.3 Å². The highest BCUT2D eigenvalue weighted by Gasteiger charge is 2.32. The van der Waals surface area contributed by atoms with Crippen molar-refractivity contribution in [3.63, 3.8) is 0 Å². The van der Waals surface area contributed by atoms with Crippen LogP contribution in [-0.2, 0) is 0 Å². The van der Waals surface area contributed by atoms with Crippen LogP contribution in [0.2, 0.25) is 0 Å². The topological polar surface area (TPSA) is 12.0 Å². The summed E-state index contributed by atoms with van der Waals surface area (Å²) in [5, 5.41) is 8.03. The molecule has 1 unspecified atom stereocenters. The second kappa shape index (κ2) is 5.75. The molecule has 1 heterocycles. The van der Waals surface area contributed by atoms with Crippen LogP contribution < -0.4 is 5.32 Å². The first-order valence-electron chi connectivity index (χ1n) is 7.21. The van der Waals surface area contributed by atoms with E-state index in [1.165, 1.54) is 31.2 Å². The summed E-state index contributed by atoms with van der Waals surface area (Å²) >= 11 is 1.81. The van der Waals surface area contributed by atoms with Crippen molar-refractivity contribution in [2.45, 2.75) is 52.5 Å². The van der Waals surface area contributed by atoms with Crippen molar-refractivity contribution in [3.8, 4) is 0 Å². The molecular formula is C16H27NS. The summed E-state index contributed by atoms with van der Waals surface area (Å²) in [5.74, 6) is 1.73. The van der Waals surface area contributed by atoms with Gasteiger partial charge in [-0.3, -0.25) is 0 Å². The minimum atomic E-state index is 0.489. The van der Waals surface area contributed by atoms with Crippen molar-refractivity contribution in [1.29, 1.82) is 0 Å². The molecule has 2 rings (SSSR count). The molecule has 0 aromatic carbocycles. The summed E-state index contributed by atoms with van der Waals surface area (Å²) in [6.07, 6.45) is 5.56. The van der Waals surface area contributed by atoms with Crippen LogP contribution in [-0.4, -0.2) is 7.05 Å². The summed E-state index contributed by atoms with van der Waals surface area (Å²) in [5.41, 5.74) is 1.98. The molecule has 0 saturated heterocycles. The lowest BCUT2D eigenvalue weighted by Crippen LogP contribution is -2.32. The first-order valence-corrected chi connectivity index (χ1v) is 8.16. The zero-order chi connectivity index (χ0) is 13.2. The molecule has 1 nitrogen and oxygen atoms in total. The van der Waals surface area contributed by atoms with Gasteiger partial charge in [0.2, 0.25) is 0 Å². The van der Waals surface area contributed by atoms with Gasteiger partial charge in [0.15, 0.2) is 0 Å². The molecule has 1 aliphatic carbocycles. The quantitative estimate of drug-likeness (QED) is 0.823. The zero-order valence-corrected chi connectivity index (χ0v) is 13.0. The largest absolute Gasteiger partial charge is 0.313 e. The third-order valence-electron chi connectivity index (χ3n) is 4.68. The maximum absolute atomic E-state index is 3.53. The molecule has 1 saturated carbocycles. The van der Waals surface area contributed by atoms with Gasteiger partial charge in [-0.15, -0.1) is 0 Å². The van der Waals surface area contributed by atoms with E-state index >= 15 is 0 Å². The molecule has 1 aliphatic rings. The molecule has 102 valence electrons. The molecule has 0 bridgehead atoms. The number of thiophene rings is 1. The second-order valence-corrected chi connectivity index (χ2v) is 7.58. The summed E-state index contributed by atoms with van der Waals surface area (Å²) in [6, 6.07) is 2.85. The lowest BCUT2D eigenvalue weighted by atomic mass is 9.68. The normalized spacial score (nSPS) is 27.1. The first-order chi connectivity index (χ1) is 8.52. The van der Waals surface area contributed by atoms with Gasteiger partial charge in [0.1, 0.15) is 0 Å². The van der Waals surface area contributed by atoms with E-state index in [2.05, 4.69) is 50.0 Å². The minimum Gasteiger partial charge on any atom is -0.313 e. The average molecular weight is 265 g/mol. The van der Waals surface area contributed by atoms with Crippen molar-refractivity contribution in [1.82, 2.24) is 5.32 Å². The Morgan fingerprint density at radius 1 is 1.22 bits per heavy atom. The predicted octanol–water partition coefficient (Wildman–Crippen LogP) is 4.86. The first kappa shape index (κ1) is 14.1. The number of hydrogen-bond acceptors (Lipinski definition) is 2. The van der Waals surface area contributed by atoms with Crippen LogP contribution >= 0.6 is 11.3 Å². The highest BCUT2D eigenvalue weighted by Crippen LogP contribution is 2.43. The van der Waals surface area contributed by atoms with Gasteiger partial charge in [0, 0.05) is 6.04 Å². The van der Waals surface area contributed by atoms with Gasteiger partial charge in [-0.05, 0) is 72.4 Å². The summed E-state index contributed by atoms with van der Waals surface area (Å²) in [7, 11) is 2.11. The van der Waals surface area contributed by atoms with E-state index < -0.39 is 0 Å². The number of hydrogen-bond donors (Lipinski definition) is 1. The molecule has 18 heavy (non-hydrogen) atoms. The van der Waals surface area contributed by atoms with Crippen LogP contribution in [0.4, 0.5) is 0 Å². The molecule has 0 aliphatic heterocycles. The Morgan fingerprint density at radius 2 is 1.89 bits per heavy atom. The van der Waals surface area contributed by atoms with Gasteiger partial charge in [-0.25, -0.2) is 0 Å². The van der Waals surface area contributed by atoms with E-state index in [-0.39, 0.29) is 0 Å². The molecule has 1 N–H and O–H groups in total. The molecule has 1 fully saturated rings. The molecule has 1 atom stereocenters. The van der Waals surface area contributed by atoms with Gasteiger partial charge < -0.3 is 5.32 Å². The SMILES string of the molecule is CNC(c1ccsc1)C1CCC(C(C)(C)C)CC1. The minimum absolute atomic E-state index is 0.489. The van der Waals surface area contributed by atoms with Gasteiger partial charge >= 0.3 is 0 Å². The zero-order valence-electron chi connectivity index (χ0n) is 12.2. The van der Waals surface area contributed by atoms with Crippen molar-refractivity contribution in [3.05, 3.63) is 22.4 Å². The van der Waals surface area contributed by atoms with Gasteiger partial charge in [-0.2, -0.15) is 11.3 Å². The number of rotatable bonds is 3. The fourth-order valence-corrected chi connectivity index (χ4v) is 4.14. The Kier molecular flexibility index (Phi) is 4.50. The molecule has 1 aromatic rings. The Morgan fingerprint density at radius 3 is 2.33 bits per heavy atom. The average Bonchev–Trinajstić information content (AvgIpc) is 2.83. The highest BCUT2D eigenvalue weighted by molar-refractivity contribution is 7.07. The van der Waals surface area contributed by atoms with Crippen LogP contribution in [0.25, 0.3) is 0 Å². The van der Waals surface area contributed by atoms with Crippen molar-refractivity contribution >= 4 is 11.3 Å². The standard InChI is InChI=1S/C16H27NS/c1-16(2,3)14-7-5-12(6-8-14)15(17-4)13-9-10-18-11-13/h9-12,14-15,17H,5-8H2,1-4H3. The Bertz CT molecular complexity index is 342. The second-order valence-electron chi connectivity index (χ2n) is 6.80. The number of nitrogens with one attached hydrogen (secondary N) is 1. The lowest BCUT2D eigenvalue weighted by Gasteiger charge is -2.39. The predicted molar refractivity (Wildman–Crippen MR) is 81.0 cm³/mol. The lowest BCUT2D eigenvalue weighted by molar-refractivity contribution is 0.134. The van der Waals surface area contributed by atoms with Crippen LogP contribution in [0.1, 0.15) is 58.1 Å². The summed E-state index contributed by atoms with van der Waals surface area (Å²) in [6.45, 7) is 7.19. The summed E-state index contributed by atoms with van der Waals surface area (Å²) in [4.78, 5) is 0. The monoisotopic (exact) mass is 265 g/mol. The van der Waals surface area contributed by atoms with E-state index in [0.717, 1.165) is 11.8 Å². The molecule has 1 aromatic heterocycles. The fraction of sp³-hybridized carbons (Fsp3) is 0.750. The molecule has 2 heteroatoms. The van der Waals surface area contributed by atoms with Crippen molar-refractivity contribution < 1.29 is 0 Å². The van der Waals surface area contributed by atoms with Crippen molar-refractivity contribution in [2.75, 3.05) is 7.05 Å².